The molecule has 2 saturated carbocycles. The van der Waals surface area contributed by atoms with Gasteiger partial charge in [0.15, 0.2) is 0 Å². The molecule has 2 aliphatic carbocycles. The number of H-pyrrole nitrogens is 1. The number of sulfonamides is 1. The molecule has 0 bridgehead atoms. The van der Waals surface area contributed by atoms with Gasteiger partial charge in [0.25, 0.3) is 0 Å². The van der Waals surface area contributed by atoms with E-state index in [0.717, 1.165) is 42.5 Å². The highest BCUT2D eigenvalue weighted by Gasteiger charge is 2.40. The number of hydrogen-bond acceptors (Lipinski definition) is 6. The summed E-state index contributed by atoms with van der Waals surface area (Å²) < 4.78 is 27.3. The molecule has 3 aliphatic rings. The number of rotatable bonds is 6. The van der Waals surface area contributed by atoms with Gasteiger partial charge in [-0.25, -0.2) is 18.4 Å². The number of hydrogen-bond donors (Lipinski definition) is 1. The smallest absolute Gasteiger partial charge is 0.225 e. The van der Waals surface area contributed by atoms with E-state index in [1.807, 2.05) is 24.2 Å². The summed E-state index contributed by atoms with van der Waals surface area (Å²) in [6, 6.07) is 2.25. The number of carbonyl (C=O) groups excluding carboxylic acids is 1. The highest BCUT2D eigenvalue weighted by atomic mass is 32.2. The van der Waals surface area contributed by atoms with Gasteiger partial charge in [-0.2, -0.15) is 4.31 Å². The predicted molar refractivity (Wildman–Crippen MR) is 113 cm³/mol. The molecule has 3 fully saturated rings. The fourth-order valence-electron chi connectivity index (χ4n) is 4.64. The summed E-state index contributed by atoms with van der Waals surface area (Å²) in [6.07, 6.45) is 7.06. The average Bonchev–Trinajstić information content (AvgIpc) is 3.45. The summed E-state index contributed by atoms with van der Waals surface area (Å²) >= 11 is 0. The molecule has 3 heterocycles. The molecule has 1 N–H and O–H groups in total. The number of anilines is 1. The van der Waals surface area contributed by atoms with Crippen molar-refractivity contribution in [2.24, 2.45) is 11.8 Å². The van der Waals surface area contributed by atoms with Crippen LogP contribution in [0.2, 0.25) is 0 Å². The topological polar surface area (TPSA) is 102 Å². The Morgan fingerprint density at radius 1 is 1.20 bits per heavy atom. The molecular formula is C20H28N6O3S. The van der Waals surface area contributed by atoms with Crippen LogP contribution in [-0.2, 0) is 14.8 Å². The van der Waals surface area contributed by atoms with E-state index in [2.05, 4.69) is 19.9 Å². The summed E-state index contributed by atoms with van der Waals surface area (Å²) in [5, 5.41) is 0.981. The molecule has 0 radical (unpaired) electrons. The molecule has 2 aromatic rings. The number of carbonyl (C=O) groups is 1. The summed E-state index contributed by atoms with van der Waals surface area (Å²) in [5.41, 5.74) is 0.810. The summed E-state index contributed by atoms with van der Waals surface area (Å²) in [5.74, 6) is 1.64. The lowest BCUT2D eigenvalue weighted by Gasteiger charge is -2.42. The lowest BCUT2D eigenvalue weighted by molar-refractivity contribution is -0.133. The molecular weight excluding hydrogens is 404 g/mol. The van der Waals surface area contributed by atoms with Gasteiger partial charge in [-0.3, -0.25) is 4.79 Å². The Morgan fingerprint density at radius 3 is 2.63 bits per heavy atom. The first kappa shape index (κ1) is 19.7. The molecule has 9 nitrogen and oxygen atoms in total. The first-order valence-corrected chi connectivity index (χ1v) is 12.3. The van der Waals surface area contributed by atoms with Crippen molar-refractivity contribution < 1.29 is 13.2 Å². The van der Waals surface area contributed by atoms with Crippen molar-refractivity contribution in [3.05, 3.63) is 18.6 Å². The fraction of sp³-hybridized carbons (Fsp3) is 0.650. The van der Waals surface area contributed by atoms with E-state index in [-0.39, 0.29) is 29.5 Å². The van der Waals surface area contributed by atoms with Gasteiger partial charge < -0.3 is 14.8 Å². The third kappa shape index (κ3) is 3.66. The van der Waals surface area contributed by atoms with E-state index in [0.29, 0.717) is 26.2 Å². The first-order chi connectivity index (χ1) is 14.4. The van der Waals surface area contributed by atoms with Crippen molar-refractivity contribution in [2.45, 2.75) is 31.7 Å². The van der Waals surface area contributed by atoms with Gasteiger partial charge in [-0.1, -0.05) is 0 Å². The van der Waals surface area contributed by atoms with E-state index >= 15 is 0 Å². The van der Waals surface area contributed by atoms with E-state index in [1.165, 1.54) is 0 Å². The van der Waals surface area contributed by atoms with Gasteiger partial charge in [0.2, 0.25) is 15.9 Å². The summed E-state index contributed by atoms with van der Waals surface area (Å²) in [4.78, 5) is 27.9. The van der Waals surface area contributed by atoms with Crippen LogP contribution in [-0.4, -0.2) is 83.5 Å². The van der Waals surface area contributed by atoms with Gasteiger partial charge in [0.05, 0.1) is 11.1 Å². The zero-order valence-electron chi connectivity index (χ0n) is 17.2. The lowest BCUT2D eigenvalue weighted by atomic mass is 9.81. The molecule has 0 spiro atoms. The van der Waals surface area contributed by atoms with Gasteiger partial charge in [-0.15, -0.1) is 0 Å². The van der Waals surface area contributed by atoms with Crippen LogP contribution < -0.4 is 4.90 Å². The van der Waals surface area contributed by atoms with Crippen molar-refractivity contribution in [3.63, 3.8) is 0 Å². The van der Waals surface area contributed by atoms with Crippen molar-refractivity contribution in [1.82, 2.24) is 24.2 Å². The Kier molecular flexibility index (Phi) is 4.93. The SMILES string of the molecule is CN(c1ncnc2[nH]ccc12)C1CC(CS(=O)(=O)N2CCN(C(=O)C3CC3)CC2)C1. The minimum absolute atomic E-state index is 0.164. The monoisotopic (exact) mass is 432 g/mol. The molecule has 2 aromatic heterocycles. The molecule has 1 aliphatic heterocycles. The highest BCUT2D eigenvalue weighted by molar-refractivity contribution is 7.89. The number of nitrogens with one attached hydrogen (secondary N) is 1. The number of piperazine rings is 1. The normalized spacial score (nSPS) is 25.3. The van der Waals surface area contributed by atoms with Gasteiger partial charge in [0.1, 0.15) is 17.8 Å². The van der Waals surface area contributed by atoms with E-state index in [4.69, 9.17) is 0 Å². The minimum Gasteiger partial charge on any atom is -0.356 e. The number of amides is 1. The molecule has 30 heavy (non-hydrogen) atoms. The van der Waals surface area contributed by atoms with Crippen molar-refractivity contribution in [2.75, 3.05) is 43.9 Å². The van der Waals surface area contributed by atoms with Crippen LogP contribution in [0.5, 0.6) is 0 Å². The zero-order valence-corrected chi connectivity index (χ0v) is 18.0. The Morgan fingerprint density at radius 2 is 1.93 bits per heavy atom. The number of aromatic amines is 1. The molecule has 0 atom stereocenters. The summed E-state index contributed by atoms with van der Waals surface area (Å²) in [6.45, 7) is 1.88. The van der Waals surface area contributed by atoms with E-state index in [9.17, 15) is 13.2 Å². The molecule has 162 valence electrons. The van der Waals surface area contributed by atoms with E-state index < -0.39 is 10.0 Å². The van der Waals surface area contributed by atoms with Crippen LogP contribution in [0.25, 0.3) is 11.0 Å². The Labute approximate surface area is 176 Å². The standard InChI is InChI=1S/C20H28N6O3S/c1-24(19-17-4-5-21-18(17)22-13-23-19)16-10-14(11-16)12-30(28,29)26-8-6-25(7-9-26)20(27)15-2-3-15/h4-5,13-16H,2-3,6-12H2,1H3,(H,21,22,23). The third-order valence-electron chi connectivity index (χ3n) is 6.74. The maximum Gasteiger partial charge on any atom is 0.225 e. The van der Waals surface area contributed by atoms with Gasteiger partial charge >= 0.3 is 0 Å². The van der Waals surface area contributed by atoms with Crippen molar-refractivity contribution >= 4 is 32.8 Å². The van der Waals surface area contributed by atoms with Crippen molar-refractivity contribution in [1.29, 1.82) is 0 Å². The maximum absolute atomic E-state index is 12.9. The Bertz CT molecular complexity index is 1040. The predicted octanol–water partition coefficient (Wildman–Crippen LogP) is 1.06. The first-order valence-electron chi connectivity index (χ1n) is 10.7. The molecule has 1 amide bonds. The Balaban J connectivity index is 1.14. The largest absolute Gasteiger partial charge is 0.356 e. The van der Waals surface area contributed by atoms with Crippen LogP contribution in [0.1, 0.15) is 25.7 Å². The number of fused-ring (bicyclic) bond motifs is 1. The number of aromatic nitrogens is 3. The third-order valence-corrected chi connectivity index (χ3v) is 8.79. The van der Waals surface area contributed by atoms with Crippen LogP contribution in [0.4, 0.5) is 5.82 Å². The summed E-state index contributed by atoms with van der Waals surface area (Å²) in [7, 11) is -1.28. The van der Waals surface area contributed by atoms with Crippen LogP contribution in [0, 0.1) is 11.8 Å². The second kappa shape index (κ2) is 7.49. The average molecular weight is 433 g/mol. The van der Waals surface area contributed by atoms with E-state index in [1.54, 1.807) is 10.6 Å². The van der Waals surface area contributed by atoms with Crippen molar-refractivity contribution in [3.8, 4) is 0 Å². The van der Waals surface area contributed by atoms with Gasteiger partial charge in [0, 0.05) is 51.4 Å². The molecule has 0 aromatic carbocycles. The quantitative estimate of drug-likeness (QED) is 0.732. The second-order valence-electron chi connectivity index (χ2n) is 8.82. The van der Waals surface area contributed by atoms with Gasteiger partial charge in [-0.05, 0) is 37.7 Å². The Hall–Kier alpha value is -2.20. The molecule has 10 heteroatoms. The molecule has 1 saturated heterocycles. The van der Waals surface area contributed by atoms with Crippen LogP contribution in [0.3, 0.4) is 0 Å². The maximum atomic E-state index is 12.9. The number of nitrogens with zero attached hydrogens (tertiary/aromatic N) is 5. The minimum atomic E-state index is -3.29. The lowest BCUT2D eigenvalue weighted by Crippen LogP contribution is -2.53. The molecule has 5 rings (SSSR count). The highest BCUT2D eigenvalue weighted by Crippen LogP contribution is 2.36. The second-order valence-corrected chi connectivity index (χ2v) is 10.8. The molecule has 0 unspecified atom stereocenters. The van der Waals surface area contributed by atoms with Crippen LogP contribution >= 0.6 is 0 Å². The van der Waals surface area contributed by atoms with Crippen LogP contribution in [0.15, 0.2) is 18.6 Å². The fourth-order valence-corrected chi connectivity index (χ4v) is 6.44. The zero-order chi connectivity index (χ0) is 20.9.